The van der Waals surface area contributed by atoms with Gasteiger partial charge >= 0.3 is 0 Å². The molecule has 0 bridgehead atoms. The van der Waals surface area contributed by atoms with Crippen LogP contribution in [0.1, 0.15) is 34.2 Å². The van der Waals surface area contributed by atoms with Crippen molar-refractivity contribution < 1.29 is 0 Å². The number of nitrogens with two attached hydrogens (primary N) is 1. The fourth-order valence-corrected chi connectivity index (χ4v) is 4.06. The standard InChI is InChI=1S/C19H23N3.2ClH/c20-11-14-5-1-2-6-15(14)18-13-22-10-9-21-12-19(22)17-8-4-3-7-16(17)18;;/h1-8,18-19,21H,9-13,20H2;2*1H/t18-,19-;;/m0../s1. The molecule has 1 saturated heterocycles. The molecule has 3 nitrogen and oxygen atoms in total. The maximum atomic E-state index is 5.99. The van der Waals surface area contributed by atoms with Crippen LogP contribution in [0.2, 0.25) is 0 Å². The van der Waals surface area contributed by atoms with Gasteiger partial charge in [0.1, 0.15) is 0 Å². The van der Waals surface area contributed by atoms with E-state index < -0.39 is 0 Å². The average molecular weight is 366 g/mol. The highest BCUT2D eigenvalue weighted by atomic mass is 35.5. The van der Waals surface area contributed by atoms with Crippen LogP contribution in [0.5, 0.6) is 0 Å². The van der Waals surface area contributed by atoms with E-state index in [1.54, 1.807) is 0 Å². The zero-order valence-electron chi connectivity index (χ0n) is 13.7. The highest BCUT2D eigenvalue weighted by molar-refractivity contribution is 5.85. The zero-order valence-corrected chi connectivity index (χ0v) is 15.3. The Bertz CT molecular complexity index is 677. The molecule has 1 fully saturated rings. The Morgan fingerprint density at radius 3 is 2.38 bits per heavy atom. The van der Waals surface area contributed by atoms with Gasteiger partial charge in [0, 0.05) is 44.7 Å². The number of hydrogen-bond donors (Lipinski definition) is 2. The predicted octanol–water partition coefficient (Wildman–Crippen LogP) is 3.08. The van der Waals surface area contributed by atoms with Crippen LogP contribution in [0.4, 0.5) is 0 Å². The largest absolute Gasteiger partial charge is 0.326 e. The molecule has 0 radical (unpaired) electrons. The lowest BCUT2D eigenvalue weighted by molar-refractivity contribution is 0.143. The number of fused-ring (bicyclic) bond motifs is 3. The van der Waals surface area contributed by atoms with Crippen LogP contribution in [0, 0.1) is 0 Å². The van der Waals surface area contributed by atoms with E-state index in [0.29, 0.717) is 18.5 Å². The van der Waals surface area contributed by atoms with E-state index in [9.17, 15) is 0 Å². The molecule has 2 aromatic rings. The minimum Gasteiger partial charge on any atom is -0.326 e. The molecule has 0 spiro atoms. The van der Waals surface area contributed by atoms with E-state index >= 15 is 0 Å². The van der Waals surface area contributed by atoms with Crippen LogP contribution in [-0.4, -0.2) is 31.1 Å². The van der Waals surface area contributed by atoms with Gasteiger partial charge in [-0.3, -0.25) is 4.90 Å². The Labute approximate surface area is 156 Å². The summed E-state index contributed by atoms with van der Waals surface area (Å²) in [4.78, 5) is 2.64. The Morgan fingerprint density at radius 2 is 1.62 bits per heavy atom. The van der Waals surface area contributed by atoms with Crippen molar-refractivity contribution in [2.24, 2.45) is 5.73 Å². The minimum atomic E-state index is 0. The number of rotatable bonds is 2. The molecule has 5 heteroatoms. The predicted molar refractivity (Wildman–Crippen MR) is 104 cm³/mol. The second-order valence-corrected chi connectivity index (χ2v) is 6.30. The molecule has 0 unspecified atom stereocenters. The number of nitrogens with zero attached hydrogens (tertiary/aromatic N) is 1. The van der Waals surface area contributed by atoms with Crippen LogP contribution < -0.4 is 11.1 Å². The average Bonchev–Trinajstić information content (AvgIpc) is 2.61. The van der Waals surface area contributed by atoms with Gasteiger partial charge in [-0.05, 0) is 22.3 Å². The molecule has 0 amide bonds. The molecule has 130 valence electrons. The summed E-state index contributed by atoms with van der Waals surface area (Å²) in [6.07, 6.45) is 0. The summed E-state index contributed by atoms with van der Waals surface area (Å²) >= 11 is 0. The normalized spacial score (nSPS) is 22.5. The number of piperazine rings is 1. The quantitative estimate of drug-likeness (QED) is 0.858. The van der Waals surface area contributed by atoms with Crippen LogP contribution in [0.3, 0.4) is 0 Å². The maximum absolute atomic E-state index is 5.99. The van der Waals surface area contributed by atoms with Gasteiger partial charge in [0.15, 0.2) is 0 Å². The molecule has 3 N–H and O–H groups in total. The van der Waals surface area contributed by atoms with E-state index in [1.165, 1.54) is 22.3 Å². The van der Waals surface area contributed by atoms with E-state index in [4.69, 9.17) is 5.73 Å². The Balaban J connectivity index is 0.00000104. The lowest BCUT2D eigenvalue weighted by atomic mass is 9.79. The number of hydrogen-bond acceptors (Lipinski definition) is 3. The van der Waals surface area contributed by atoms with Crippen molar-refractivity contribution in [1.82, 2.24) is 10.2 Å². The Morgan fingerprint density at radius 1 is 0.958 bits per heavy atom. The Kier molecular flexibility index (Phi) is 6.67. The lowest BCUT2D eigenvalue weighted by Gasteiger charge is -2.44. The Hall–Kier alpha value is -1.10. The summed E-state index contributed by atoms with van der Waals surface area (Å²) in [6, 6.07) is 18.1. The van der Waals surface area contributed by atoms with Crippen molar-refractivity contribution in [3.63, 3.8) is 0 Å². The molecule has 4 rings (SSSR count). The van der Waals surface area contributed by atoms with E-state index in [-0.39, 0.29) is 24.8 Å². The first kappa shape index (κ1) is 19.2. The molecule has 2 aliphatic heterocycles. The first-order valence-electron chi connectivity index (χ1n) is 8.20. The molecule has 2 heterocycles. The van der Waals surface area contributed by atoms with Crippen LogP contribution in [0.15, 0.2) is 48.5 Å². The van der Waals surface area contributed by atoms with Crippen molar-refractivity contribution in [2.75, 3.05) is 26.2 Å². The second-order valence-electron chi connectivity index (χ2n) is 6.30. The zero-order chi connectivity index (χ0) is 14.9. The molecule has 2 aliphatic rings. The van der Waals surface area contributed by atoms with Crippen molar-refractivity contribution >= 4 is 24.8 Å². The fourth-order valence-electron chi connectivity index (χ4n) is 4.06. The summed E-state index contributed by atoms with van der Waals surface area (Å²) in [6.45, 7) is 4.98. The third kappa shape index (κ3) is 3.32. The maximum Gasteiger partial charge on any atom is 0.0476 e. The van der Waals surface area contributed by atoms with E-state index in [2.05, 4.69) is 58.7 Å². The number of halogens is 2. The van der Waals surface area contributed by atoms with Crippen LogP contribution in [-0.2, 0) is 6.54 Å². The number of nitrogens with one attached hydrogen (secondary N) is 1. The van der Waals surface area contributed by atoms with Crippen molar-refractivity contribution in [3.05, 3.63) is 70.8 Å². The van der Waals surface area contributed by atoms with Crippen LogP contribution in [0.25, 0.3) is 0 Å². The monoisotopic (exact) mass is 365 g/mol. The smallest absolute Gasteiger partial charge is 0.0476 e. The molecule has 0 aliphatic carbocycles. The summed E-state index contributed by atoms with van der Waals surface area (Å²) in [5.41, 5.74) is 11.6. The summed E-state index contributed by atoms with van der Waals surface area (Å²) in [5, 5.41) is 3.54. The molecule has 2 aromatic carbocycles. The fraction of sp³-hybridized carbons (Fsp3) is 0.368. The topological polar surface area (TPSA) is 41.3 Å². The molecule has 0 aromatic heterocycles. The van der Waals surface area contributed by atoms with Gasteiger partial charge < -0.3 is 11.1 Å². The first-order chi connectivity index (χ1) is 10.9. The van der Waals surface area contributed by atoms with Crippen molar-refractivity contribution in [1.29, 1.82) is 0 Å². The van der Waals surface area contributed by atoms with Gasteiger partial charge in [0.2, 0.25) is 0 Å². The highest BCUT2D eigenvalue weighted by Gasteiger charge is 2.35. The van der Waals surface area contributed by atoms with Gasteiger partial charge in [0.05, 0.1) is 0 Å². The summed E-state index contributed by atoms with van der Waals surface area (Å²) < 4.78 is 0. The van der Waals surface area contributed by atoms with E-state index in [1.807, 2.05) is 0 Å². The highest BCUT2D eigenvalue weighted by Crippen LogP contribution is 2.40. The summed E-state index contributed by atoms with van der Waals surface area (Å²) in [7, 11) is 0. The van der Waals surface area contributed by atoms with Crippen molar-refractivity contribution in [2.45, 2.75) is 18.5 Å². The lowest BCUT2D eigenvalue weighted by Crippen LogP contribution is -2.50. The number of benzene rings is 2. The molecule has 0 saturated carbocycles. The van der Waals surface area contributed by atoms with Gasteiger partial charge in [-0.15, -0.1) is 24.8 Å². The molecule has 24 heavy (non-hydrogen) atoms. The van der Waals surface area contributed by atoms with Gasteiger partial charge in [-0.1, -0.05) is 48.5 Å². The SMILES string of the molecule is Cl.Cl.NCc1ccccc1[C@@H]1CN2CCNC[C@H]2c2ccccc21. The summed E-state index contributed by atoms with van der Waals surface area (Å²) in [5.74, 6) is 0.435. The van der Waals surface area contributed by atoms with Gasteiger partial charge in [-0.25, -0.2) is 0 Å². The first-order valence-corrected chi connectivity index (χ1v) is 8.20. The van der Waals surface area contributed by atoms with E-state index in [0.717, 1.165) is 26.2 Å². The van der Waals surface area contributed by atoms with Gasteiger partial charge in [-0.2, -0.15) is 0 Å². The second kappa shape index (κ2) is 8.32. The third-order valence-corrected chi connectivity index (χ3v) is 5.15. The van der Waals surface area contributed by atoms with Crippen LogP contribution >= 0.6 is 24.8 Å². The van der Waals surface area contributed by atoms with Crippen molar-refractivity contribution in [3.8, 4) is 0 Å². The molecular formula is C19H25Cl2N3. The van der Waals surface area contributed by atoms with Gasteiger partial charge in [0.25, 0.3) is 0 Å². The minimum absolute atomic E-state index is 0. The molecule has 2 atom stereocenters. The molecular weight excluding hydrogens is 341 g/mol. The third-order valence-electron chi connectivity index (χ3n) is 5.15.